The number of aliphatic hydroxyl groups is 4. The first-order valence-corrected chi connectivity index (χ1v) is 29.4. The van der Waals surface area contributed by atoms with Crippen LogP contribution in [-0.4, -0.2) is 168 Å². The topological polar surface area (TPSA) is 356 Å². The lowest BCUT2D eigenvalue weighted by Crippen LogP contribution is -2.43. The zero-order valence-electron chi connectivity index (χ0n) is 45.5. The van der Waals surface area contributed by atoms with E-state index >= 15 is 0 Å². The van der Waals surface area contributed by atoms with Crippen LogP contribution in [0.15, 0.2) is 61.2 Å². The van der Waals surface area contributed by atoms with Crippen molar-refractivity contribution in [1.29, 1.82) is 0 Å². The summed E-state index contributed by atoms with van der Waals surface area (Å²) in [6, 6.07) is 13.6. The molecule has 26 nitrogen and oxygen atoms in total. The van der Waals surface area contributed by atoms with Crippen LogP contribution < -0.4 is 31.6 Å². The van der Waals surface area contributed by atoms with Crippen LogP contribution in [0.1, 0.15) is 82.5 Å². The largest absolute Gasteiger partial charge is 0.415 e. The lowest BCUT2D eigenvalue weighted by Gasteiger charge is -2.30. The predicted molar refractivity (Wildman–Crippen MR) is 315 cm³/mol. The molecule has 4 aromatic heterocycles. The average molecular weight is 1320 g/mol. The van der Waals surface area contributed by atoms with Crippen molar-refractivity contribution in [3.63, 3.8) is 0 Å². The number of piperidine rings is 2. The van der Waals surface area contributed by atoms with Gasteiger partial charge in [0.2, 0.25) is 5.82 Å². The number of ether oxygens (including phenoxy) is 4. The third-order valence-electron chi connectivity index (χ3n) is 15.0. The molecule has 4 amide bonds. The maximum Gasteiger partial charge on any atom is 0.415 e. The van der Waals surface area contributed by atoms with Crippen LogP contribution in [0, 0.1) is 39.9 Å². The molecule has 2 aliphatic carbocycles. The van der Waals surface area contributed by atoms with Gasteiger partial charge in [-0.3, -0.25) is 18.7 Å². The average Bonchev–Trinajstić information content (AvgIpc) is 2.29. The molecule has 8 atom stereocenters. The highest BCUT2D eigenvalue weighted by Gasteiger charge is 2.50. The maximum atomic E-state index is 12.5. The molecular formula is C56H61Cl2IN14O12. The number of nitrogens with two attached hydrogens (primary N) is 2. The minimum Gasteiger partial charge on any atom is -0.410 e. The molecule has 6 aromatic rings. The van der Waals surface area contributed by atoms with Gasteiger partial charge in [0, 0.05) is 83.7 Å². The summed E-state index contributed by atoms with van der Waals surface area (Å²) in [7, 11) is 0. The number of amides is 4. The number of hydrogen-bond donors (Lipinski definition) is 8. The monoisotopic (exact) mass is 1320 g/mol. The van der Waals surface area contributed by atoms with Gasteiger partial charge in [-0.25, -0.2) is 39.5 Å². The molecule has 448 valence electrons. The minimum absolute atomic E-state index is 0.0800. The van der Waals surface area contributed by atoms with Crippen molar-refractivity contribution >= 4 is 104 Å². The number of nitrogens with zero attached hydrogens (tertiary/aromatic N) is 10. The number of halogens is 3. The number of carbonyl (C=O) groups is 4. The Bertz CT molecular complexity index is 3500. The number of nitrogens with one attached hydrogen (secondary N) is 2. The lowest BCUT2D eigenvalue weighted by molar-refractivity contribution is -0.138. The molecule has 4 saturated heterocycles. The van der Waals surface area contributed by atoms with Crippen molar-refractivity contribution in [3.05, 3.63) is 80.9 Å². The second-order valence-corrected chi connectivity index (χ2v) is 23.1. The van der Waals surface area contributed by atoms with Crippen LogP contribution in [0.25, 0.3) is 22.3 Å². The van der Waals surface area contributed by atoms with Crippen LogP contribution in [0.5, 0.6) is 11.5 Å². The summed E-state index contributed by atoms with van der Waals surface area (Å²) in [6.45, 7) is 2.53. The molecule has 0 spiro atoms. The smallest absolute Gasteiger partial charge is 0.410 e. The van der Waals surface area contributed by atoms with Gasteiger partial charge in [0.15, 0.2) is 51.4 Å². The summed E-state index contributed by atoms with van der Waals surface area (Å²) >= 11 is 13.6. The molecule has 0 bridgehead atoms. The number of nitrogen functional groups attached to an aromatic ring is 2. The highest BCUT2D eigenvalue weighted by Crippen LogP contribution is 2.35. The summed E-state index contributed by atoms with van der Waals surface area (Å²) in [5.74, 6) is 10.1. The number of rotatable bonds is 10. The second-order valence-electron chi connectivity index (χ2n) is 21.3. The maximum absolute atomic E-state index is 12.5. The van der Waals surface area contributed by atoms with Crippen LogP contribution in [0.4, 0.5) is 21.2 Å². The van der Waals surface area contributed by atoms with Gasteiger partial charge in [-0.05, 0) is 118 Å². The quantitative estimate of drug-likeness (QED) is 0.0544. The number of imidazole rings is 2. The third kappa shape index (κ3) is 14.9. The van der Waals surface area contributed by atoms with Gasteiger partial charge in [0.1, 0.15) is 46.9 Å². The van der Waals surface area contributed by atoms with E-state index in [0.29, 0.717) is 75.1 Å². The van der Waals surface area contributed by atoms with Gasteiger partial charge in [0.25, 0.3) is 11.8 Å². The Morgan fingerprint density at radius 1 is 0.624 bits per heavy atom. The van der Waals surface area contributed by atoms with E-state index in [0.717, 1.165) is 57.8 Å². The zero-order valence-corrected chi connectivity index (χ0v) is 49.2. The zero-order chi connectivity index (χ0) is 60.1. The minimum atomic E-state index is -1.42. The molecule has 4 aliphatic heterocycles. The highest BCUT2D eigenvalue weighted by molar-refractivity contribution is 14.1. The van der Waals surface area contributed by atoms with E-state index in [1.165, 1.54) is 21.8 Å². The Morgan fingerprint density at radius 3 is 1.48 bits per heavy atom. The highest BCUT2D eigenvalue weighted by atomic mass is 127. The predicted octanol–water partition coefficient (Wildman–Crippen LogP) is 4.10. The van der Waals surface area contributed by atoms with Crippen molar-refractivity contribution in [2.24, 2.45) is 11.8 Å². The first-order valence-electron chi connectivity index (χ1n) is 27.6. The first-order chi connectivity index (χ1) is 40.9. The molecule has 85 heavy (non-hydrogen) atoms. The van der Waals surface area contributed by atoms with Crippen LogP contribution >= 0.6 is 45.8 Å². The fourth-order valence-corrected chi connectivity index (χ4v) is 10.7. The fourth-order valence-electron chi connectivity index (χ4n) is 9.93. The SMILES string of the molecule is C#CCC1CCN(C(=O)Oc2ccc(Cl)cc2)CC1.Nc1nc(C#CCC2CCN(C(=O)Oc3ccc(Cl)cc3)CC2)nc2c1ncn2[C@@H]1O[C@H](C(=O)NC2CC2)C(O)[C@@H]1O.Nc1nc(I)nc2c1ncn2[C@@H]1O[C@H](C(=O)NC2CC2)C(O)[C@@H]1O. The van der Waals surface area contributed by atoms with Gasteiger partial charge in [-0.1, -0.05) is 29.1 Å². The molecule has 6 fully saturated rings. The summed E-state index contributed by atoms with van der Waals surface area (Å²) in [5, 5.41) is 48.4. The van der Waals surface area contributed by atoms with Crippen LogP contribution in [0.2, 0.25) is 10.0 Å². The molecule has 6 aliphatic rings. The van der Waals surface area contributed by atoms with E-state index in [1.54, 1.807) is 58.3 Å². The van der Waals surface area contributed by atoms with Gasteiger partial charge in [-0.15, -0.1) is 12.3 Å². The Labute approximate surface area is 510 Å². The van der Waals surface area contributed by atoms with Crippen LogP contribution in [-0.2, 0) is 19.1 Å². The van der Waals surface area contributed by atoms with Gasteiger partial charge in [0.05, 0.1) is 12.7 Å². The number of aliphatic hydroxyl groups excluding tert-OH is 4. The Balaban J connectivity index is 0.000000157. The molecule has 12 rings (SSSR count). The number of fused-ring (bicyclic) bond motifs is 2. The van der Waals surface area contributed by atoms with E-state index in [4.69, 9.17) is 60.0 Å². The third-order valence-corrected chi connectivity index (χ3v) is 16.0. The number of likely N-dealkylation sites (tertiary alicyclic amines) is 2. The normalized spacial score (nSPS) is 24.0. The van der Waals surface area contributed by atoms with E-state index in [1.807, 2.05) is 22.6 Å². The van der Waals surface area contributed by atoms with Crippen molar-refractivity contribution in [2.75, 3.05) is 37.6 Å². The van der Waals surface area contributed by atoms with Crippen molar-refractivity contribution in [2.45, 2.75) is 125 Å². The number of benzene rings is 2. The number of hydrogen-bond acceptors (Lipinski definition) is 20. The number of aromatic nitrogens is 8. The lowest BCUT2D eigenvalue weighted by atomic mass is 9.94. The molecular weight excluding hydrogens is 1260 g/mol. The van der Waals surface area contributed by atoms with E-state index in [-0.39, 0.29) is 52.7 Å². The first kappa shape index (κ1) is 60.9. The molecule has 8 heterocycles. The van der Waals surface area contributed by atoms with E-state index < -0.39 is 67.0 Å². The summed E-state index contributed by atoms with van der Waals surface area (Å²) in [6.07, 6.45) is 5.84. The summed E-state index contributed by atoms with van der Waals surface area (Å²) in [5.41, 5.74) is 13.2. The fraction of sp³-hybridized carbons (Fsp3) is 0.464. The summed E-state index contributed by atoms with van der Waals surface area (Å²) < 4.78 is 25.4. The number of anilines is 2. The number of carbonyl (C=O) groups excluding carboxylic acids is 4. The summed E-state index contributed by atoms with van der Waals surface area (Å²) in [4.78, 5) is 77.8. The molecule has 2 aromatic carbocycles. The Hall–Kier alpha value is -7.19. The molecule has 10 N–H and O–H groups in total. The molecule has 0 radical (unpaired) electrons. The van der Waals surface area contributed by atoms with Gasteiger partial charge >= 0.3 is 12.2 Å². The van der Waals surface area contributed by atoms with Crippen LogP contribution in [0.3, 0.4) is 0 Å². The van der Waals surface area contributed by atoms with Crippen molar-refractivity contribution in [1.82, 2.24) is 59.5 Å². The van der Waals surface area contributed by atoms with E-state index in [9.17, 15) is 39.6 Å². The molecule has 2 saturated carbocycles. The second kappa shape index (κ2) is 27.0. The van der Waals surface area contributed by atoms with Crippen molar-refractivity contribution < 1.29 is 58.6 Å². The Kier molecular flexibility index (Phi) is 19.4. The van der Waals surface area contributed by atoms with Gasteiger partial charge in [-0.2, -0.15) is 0 Å². The standard InChI is InChI=1S/C28H30ClN7O6.C15H16ClNO2.C13H15IN6O4/c29-16-4-8-18(9-5-16)41-28(40)35-12-10-15(11-13-35)2-1-3-19-33-24(30)20-25(34-19)36(14-31-20)27-22(38)21(37)23(42-27)26(39)32-17-6-7-17;1-2-3-12-8-10-17(11-9-12)15(18)19-14-6-4-13(16)5-7-14;14-13-18-9(15)5-10(19-13)20(3-16-5)12-7(22)6(21)8(24-12)11(23)17-4-1-2-4/h4-5,8-9,14-15,17,21-23,27,37-38H,2,6-7,10-13H2,(H,32,39)(H2,30,33,34);1,4-7,12H,3,8-11H2;3-4,6-8,12,21-22H,1-2H2,(H,17,23)(H2,15,18,19)/t21?,22-,23-,27+;;6?,7-,8-,12+/m0.0/s1. The van der Waals surface area contributed by atoms with Gasteiger partial charge < -0.3 is 71.3 Å². The molecule has 29 heteroatoms. The Morgan fingerprint density at radius 2 is 1.05 bits per heavy atom. The van der Waals surface area contributed by atoms with E-state index in [2.05, 4.69) is 58.3 Å². The molecule has 2 unspecified atom stereocenters. The van der Waals surface area contributed by atoms with Crippen molar-refractivity contribution in [3.8, 4) is 35.7 Å². The number of terminal acetylenes is 1.